The van der Waals surface area contributed by atoms with Crippen molar-refractivity contribution in [3.8, 4) is 0 Å². The average Bonchev–Trinajstić information content (AvgIpc) is 2.17. The van der Waals surface area contributed by atoms with Crippen LogP contribution in [0.3, 0.4) is 0 Å². The lowest BCUT2D eigenvalue weighted by molar-refractivity contribution is 0.583. The molecule has 1 unspecified atom stereocenters. The van der Waals surface area contributed by atoms with Crippen molar-refractivity contribution in [2.45, 2.75) is 4.90 Å². The first-order valence-corrected chi connectivity index (χ1v) is 8.48. The van der Waals surface area contributed by atoms with Crippen LogP contribution in [-0.4, -0.2) is 31.2 Å². The zero-order valence-electron chi connectivity index (χ0n) is 8.64. The third kappa shape index (κ3) is 3.97. The SMILES string of the molecule is CS(=O)CCNS(=O)(=O)c1ccccc1Br. The van der Waals surface area contributed by atoms with Gasteiger partial charge in [-0.25, -0.2) is 13.1 Å². The van der Waals surface area contributed by atoms with E-state index in [1.165, 1.54) is 12.3 Å². The van der Waals surface area contributed by atoms with E-state index in [9.17, 15) is 12.6 Å². The molecule has 4 nitrogen and oxygen atoms in total. The van der Waals surface area contributed by atoms with Gasteiger partial charge in [0, 0.05) is 33.8 Å². The highest BCUT2D eigenvalue weighted by molar-refractivity contribution is 9.10. The summed E-state index contributed by atoms with van der Waals surface area (Å²) in [6.07, 6.45) is 1.53. The first-order valence-electron chi connectivity index (χ1n) is 4.48. The lowest BCUT2D eigenvalue weighted by Crippen LogP contribution is -2.28. The predicted octanol–water partition coefficient (Wildman–Crippen LogP) is 1.11. The maximum Gasteiger partial charge on any atom is 0.241 e. The second-order valence-corrected chi connectivity index (χ2v) is 7.25. The van der Waals surface area contributed by atoms with Gasteiger partial charge in [-0.15, -0.1) is 0 Å². The van der Waals surface area contributed by atoms with Crippen molar-refractivity contribution in [1.82, 2.24) is 4.72 Å². The summed E-state index contributed by atoms with van der Waals surface area (Å²) in [5, 5.41) is 0. The second kappa shape index (κ2) is 5.90. The highest BCUT2D eigenvalue weighted by atomic mass is 79.9. The van der Waals surface area contributed by atoms with Crippen molar-refractivity contribution in [2.75, 3.05) is 18.6 Å². The molecule has 0 saturated carbocycles. The molecule has 90 valence electrons. The van der Waals surface area contributed by atoms with E-state index in [-0.39, 0.29) is 11.4 Å². The molecule has 0 aliphatic rings. The lowest BCUT2D eigenvalue weighted by atomic mass is 10.4. The Morgan fingerprint density at radius 1 is 1.38 bits per heavy atom. The van der Waals surface area contributed by atoms with Crippen LogP contribution < -0.4 is 4.72 Å². The van der Waals surface area contributed by atoms with Crippen molar-refractivity contribution in [2.24, 2.45) is 0 Å². The van der Waals surface area contributed by atoms with Crippen LogP contribution in [-0.2, 0) is 20.8 Å². The topological polar surface area (TPSA) is 63.2 Å². The Labute approximate surface area is 106 Å². The molecule has 0 fully saturated rings. The van der Waals surface area contributed by atoms with E-state index in [0.29, 0.717) is 10.2 Å². The van der Waals surface area contributed by atoms with Gasteiger partial charge in [0.25, 0.3) is 0 Å². The minimum atomic E-state index is -3.52. The van der Waals surface area contributed by atoms with Crippen molar-refractivity contribution in [3.63, 3.8) is 0 Å². The molecule has 1 aromatic rings. The maximum atomic E-state index is 11.8. The summed E-state index contributed by atoms with van der Waals surface area (Å²) in [6, 6.07) is 6.56. The molecular formula is C9H12BrNO3S2. The number of halogens is 1. The molecule has 7 heteroatoms. The van der Waals surface area contributed by atoms with Crippen molar-refractivity contribution in [3.05, 3.63) is 28.7 Å². The van der Waals surface area contributed by atoms with Gasteiger partial charge in [0.2, 0.25) is 10.0 Å². The standard InChI is InChI=1S/C9H12BrNO3S2/c1-15(12)7-6-11-16(13,14)9-5-3-2-4-8(9)10/h2-5,11H,6-7H2,1H3. The molecule has 0 bridgehead atoms. The molecule has 0 heterocycles. The quantitative estimate of drug-likeness (QED) is 0.881. The molecule has 1 N–H and O–H groups in total. The first kappa shape index (κ1) is 13.8. The van der Waals surface area contributed by atoms with Gasteiger partial charge in [0.1, 0.15) is 0 Å². The minimum absolute atomic E-state index is 0.173. The van der Waals surface area contributed by atoms with E-state index in [1.54, 1.807) is 18.2 Å². The van der Waals surface area contributed by atoms with E-state index in [1.807, 2.05) is 0 Å². The Hall–Kier alpha value is -0.240. The number of benzene rings is 1. The Morgan fingerprint density at radius 2 is 2.00 bits per heavy atom. The second-order valence-electron chi connectivity index (χ2n) is 3.11. The number of rotatable bonds is 5. The van der Waals surface area contributed by atoms with Gasteiger partial charge in [-0.3, -0.25) is 4.21 Å². The molecule has 1 aromatic carbocycles. The van der Waals surface area contributed by atoms with Gasteiger partial charge in [-0.05, 0) is 28.1 Å². The smallest absolute Gasteiger partial charge is 0.241 e. The Morgan fingerprint density at radius 3 is 2.56 bits per heavy atom. The number of sulfonamides is 1. The van der Waals surface area contributed by atoms with Gasteiger partial charge in [0.15, 0.2) is 0 Å². The van der Waals surface area contributed by atoms with Crippen LogP contribution in [0.2, 0.25) is 0 Å². The monoisotopic (exact) mass is 325 g/mol. The molecule has 0 aliphatic heterocycles. The van der Waals surface area contributed by atoms with Crippen molar-refractivity contribution < 1.29 is 12.6 Å². The molecule has 0 saturated heterocycles. The number of hydrogen-bond acceptors (Lipinski definition) is 3. The van der Waals surface area contributed by atoms with Gasteiger partial charge >= 0.3 is 0 Å². The Balaban J connectivity index is 2.79. The minimum Gasteiger partial charge on any atom is -0.260 e. The summed E-state index contributed by atoms with van der Waals surface area (Å²) in [4.78, 5) is 0.192. The van der Waals surface area contributed by atoms with E-state index >= 15 is 0 Å². The first-order chi connectivity index (χ1) is 7.43. The third-order valence-electron chi connectivity index (χ3n) is 1.81. The highest BCUT2D eigenvalue weighted by Crippen LogP contribution is 2.20. The van der Waals surface area contributed by atoms with Crippen LogP contribution in [0.1, 0.15) is 0 Å². The lowest BCUT2D eigenvalue weighted by Gasteiger charge is -2.07. The van der Waals surface area contributed by atoms with Crippen LogP contribution in [0.4, 0.5) is 0 Å². The molecule has 0 aromatic heterocycles. The summed E-state index contributed by atoms with van der Waals surface area (Å²) >= 11 is 3.17. The van der Waals surface area contributed by atoms with Crippen LogP contribution in [0, 0.1) is 0 Å². The maximum absolute atomic E-state index is 11.8. The van der Waals surface area contributed by atoms with E-state index in [2.05, 4.69) is 20.7 Å². The van der Waals surface area contributed by atoms with Crippen LogP contribution in [0.5, 0.6) is 0 Å². The predicted molar refractivity (Wildman–Crippen MR) is 68.3 cm³/mol. The zero-order valence-corrected chi connectivity index (χ0v) is 11.9. The molecule has 0 spiro atoms. The van der Waals surface area contributed by atoms with Gasteiger partial charge in [-0.2, -0.15) is 0 Å². The summed E-state index contributed by atoms with van der Waals surface area (Å²) < 4.78 is 37.3. The zero-order chi connectivity index (χ0) is 12.2. The largest absolute Gasteiger partial charge is 0.260 e. The molecule has 1 rings (SSSR count). The third-order valence-corrected chi connectivity index (χ3v) is 5.06. The van der Waals surface area contributed by atoms with Crippen LogP contribution in [0.15, 0.2) is 33.6 Å². The fraction of sp³-hybridized carbons (Fsp3) is 0.333. The van der Waals surface area contributed by atoms with Crippen LogP contribution in [0.25, 0.3) is 0 Å². The van der Waals surface area contributed by atoms with Crippen molar-refractivity contribution in [1.29, 1.82) is 0 Å². The van der Waals surface area contributed by atoms with Crippen molar-refractivity contribution >= 4 is 36.8 Å². The molecule has 0 amide bonds. The molecule has 16 heavy (non-hydrogen) atoms. The molecular weight excluding hydrogens is 314 g/mol. The molecule has 1 atom stereocenters. The van der Waals surface area contributed by atoms with Gasteiger partial charge < -0.3 is 0 Å². The highest BCUT2D eigenvalue weighted by Gasteiger charge is 2.16. The van der Waals surface area contributed by atoms with Gasteiger partial charge in [0.05, 0.1) is 4.90 Å². The van der Waals surface area contributed by atoms with Gasteiger partial charge in [-0.1, -0.05) is 12.1 Å². The molecule has 0 aliphatic carbocycles. The van der Waals surface area contributed by atoms with Crippen LogP contribution >= 0.6 is 15.9 Å². The summed E-state index contributed by atoms with van der Waals surface area (Å²) in [7, 11) is -4.52. The fourth-order valence-electron chi connectivity index (χ4n) is 1.06. The summed E-state index contributed by atoms with van der Waals surface area (Å²) in [5.41, 5.74) is 0. The molecule has 0 radical (unpaired) electrons. The number of hydrogen-bond donors (Lipinski definition) is 1. The summed E-state index contributed by atoms with van der Waals surface area (Å²) in [6.45, 7) is 0.173. The van der Waals surface area contributed by atoms with E-state index in [4.69, 9.17) is 0 Å². The Kier molecular flexibility index (Phi) is 5.10. The average molecular weight is 326 g/mol. The normalized spacial score (nSPS) is 13.6. The van der Waals surface area contributed by atoms with E-state index < -0.39 is 20.8 Å². The summed E-state index contributed by atoms with van der Waals surface area (Å²) in [5.74, 6) is 0.309. The van der Waals surface area contributed by atoms with E-state index in [0.717, 1.165) is 0 Å². The fourth-order valence-corrected chi connectivity index (χ4v) is 3.61. The Bertz CT molecular complexity index is 487. The number of nitrogens with one attached hydrogen (secondary N) is 1.